The zero-order valence-corrected chi connectivity index (χ0v) is 8.91. The summed E-state index contributed by atoms with van der Waals surface area (Å²) in [4.78, 5) is 8.13. The zero-order valence-electron chi connectivity index (χ0n) is 8.91. The molecule has 1 N–H and O–H groups in total. The minimum atomic E-state index is 0.170. The molecule has 0 atom stereocenters. The van der Waals surface area contributed by atoms with Gasteiger partial charge in [0, 0.05) is 18.0 Å². The van der Waals surface area contributed by atoms with Crippen LogP contribution in [0.5, 0.6) is 5.75 Å². The third-order valence-electron chi connectivity index (χ3n) is 2.13. The molecule has 0 saturated carbocycles. The number of aromatic nitrogens is 1. The fourth-order valence-corrected chi connectivity index (χ4v) is 1.31. The number of pyridine rings is 1. The predicted octanol–water partition coefficient (Wildman–Crippen LogP) is 2.43. The Kier molecular flexibility index (Phi) is 3.13. The van der Waals surface area contributed by atoms with E-state index in [1.54, 1.807) is 36.7 Å². The molecule has 0 fully saturated rings. The van der Waals surface area contributed by atoms with Gasteiger partial charge in [-0.3, -0.25) is 4.98 Å². The molecule has 82 valence electrons. The summed E-state index contributed by atoms with van der Waals surface area (Å²) in [6.45, 7) is 0. The Morgan fingerprint density at radius 3 is 2.59 bits per heavy atom. The number of phenolic OH excluding ortho intramolecular Hbond substituents is 1. The molecule has 0 aliphatic heterocycles. The van der Waals surface area contributed by atoms with Crippen LogP contribution in [0.25, 0.3) is 0 Å². The number of nitrogens with zero attached hydrogens (tertiary/aromatic N) is 3. The predicted molar refractivity (Wildman–Crippen MR) is 64.2 cm³/mol. The lowest BCUT2D eigenvalue weighted by molar-refractivity contribution is 0.475. The minimum Gasteiger partial charge on any atom is -0.508 e. The number of aromatic hydroxyl groups is 1. The molecule has 0 aliphatic rings. The van der Waals surface area contributed by atoms with Gasteiger partial charge in [0.2, 0.25) is 0 Å². The molecule has 0 bridgehead atoms. The van der Waals surface area contributed by atoms with Crippen molar-refractivity contribution in [3.8, 4) is 11.8 Å². The van der Waals surface area contributed by atoms with E-state index in [9.17, 15) is 0 Å². The first kappa shape index (κ1) is 10.8. The van der Waals surface area contributed by atoms with E-state index < -0.39 is 0 Å². The van der Waals surface area contributed by atoms with E-state index >= 15 is 0 Å². The van der Waals surface area contributed by atoms with Crippen molar-refractivity contribution in [2.45, 2.75) is 0 Å². The standard InChI is InChI=1S/C13H9N3O/c14-8-13(10-2-1-7-15-9-10)16-11-3-5-12(17)6-4-11/h1-7,9,17H. The van der Waals surface area contributed by atoms with Crippen molar-refractivity contribution in [2.75, 3.05) is 0 Å². The second-order valence-electron chi connectivity index (χ2n) is 3.33. The molecule has 0 unspecified atom stereocenters. The van der Waals surface area contributed by atoms with E-state index in [2.05, 4.69) is 9.98 Å². The van der Waals surface area contributed by atoms with Crippen molar-refractivity contribution in [2.24, 2.45) is 4.99 Å². The molecule has 0 spiro atoms. The smallest absolute Gasteiger partial charge is 0.149 e. The van der Waals surface area contributed by atoms with E-state index in [0.717, 1.165) is 0 Å². The van der Waals surface area contributed by atoms with Crippen molar-refractivity contribution in [1.29, 1.82) is 5.26 Å². The summed E-state index contributed by atoms with van der Waals surface area (Å²) < 4.78 is 0. The van der Waals surface area contributed by atoms with Crippen LogP contribution in [0, 0.1) is 11.3 Å². The largest absolute Gasteiger partial charge is 0.508 e. The number of aliphatic imine (C=N–C) groups is 1. The molecule has 2 rings (SSSR count). The van der Waals surface area contributed by atoms with Gasteiger partial charge in [-0.05, 0) is 36.4 Å². The topological polar surface area (TPSA) is 69.3 Å². The van der Waals surface area contributed by atoms with E-state index in [1.165, 1.54) is 12.1 Å². The quantitative estimate of drug-likeness (QED) is 0.795. The Morgan fingerprint density at radius 1 is 1.24 bits per heavy atom. The average molecular weight is 223 g/mol. The Hall–Kier alpha value is -2.67. The summed E-state index contributed by atoms with van der Waals surface area (Å²) >= 11 is 0. The summed E-state index contributed by atoms with van der Waals surface area (Å²) in [6.07, 6.45) is 3.22. The van der Waals surface area contributed by atoms with Crippen molar-refractivity contribution < 1.29 is 5.11 Å². The fourth-order valence-electron chi connectivity index (χ4n) is 1.31. The second kappa shape index (κ2) is 4.90. The monoisotopic (exact) mass is 223 g/mol. The summed E-state index contributed by atoms with van der Waals surface area (Å²) in [7, 11) is 0. The number of nitriles is 1. The second-order valence-corrected chi connectivity index (χ2v) is 3.33. The van der Waals surface area contributed by atoms with E-state index in [-0.39, 0.29) is 5.75 Å². The van der Waals surface area contributed by atoms with Gasteiger partial charge in [0.25, 0.3) is 0 Å². The van der Waals surface area contributed by atoms with Crippen LogP contribution in [0.3, 0.4) is 0 Å². The van der Waals surface area contributed by atoms with Crippen LogP contribution in [-0.2, 0) is 0 Å². The number of phenols is 1. The van der Waals surface area contributed by atoms with E-state index in [0.29, 0.717) is 17.0 Å². The molecule has 4 heteroatoms. The van der Waals surface area contributed by atoms with Gasteiger partial charge in [0.15, 0.2) is 0 Å². The fraction of sp³-hybridized carbons (Fsp3) is 0. The molecule has 0 radical (unpaired) electrons. The molecular formula is C13H9N3O. The van der Waals surface area contributed by atoms with E-state index in [4.69, 9.17) is 10.4 Å². The van der Waals surface area contributed by atoms with Crippen molar-refractivity contribution in [3.05, 3.63) is 54.4 Å². The Labute approximate surface area is 98.5 Å². The highest BCUT2D eigenvalue weighted by Crippen LogP contribution is 2.17. The van der Waals surface area contributed by atoms with E-state index in [1.807, 2.05) is 6.07 Å². The van der Waals surface area contributed by atoms with Crippen LogP contribution in [-0.4, -0.2) is 15.8 Å². The number of hydrogen-bond acceptors (Lipinski definition) is 4. The van der Waals surface area contributed by atoms with Crippen molar-refractivity contribution in [3.63, 3.8) is 0 Å². The van der Waals surface area contributed by atoms with Gasteiger partial charge in [-0.2, -0.15) is 5.26 Å². The first-order valence-corrected chi connectivity index (χ1v) is 4.98. The lowest BCUT2D eigenvalue weighted by Gasteiger charge is -1.98. The zero-order chi connectivity index (χ0) is 12.1. The maximum absolute atomic E-state index is 9.14. The van der Waals surface area contributed by atoms with Crippen LogP contribution in [0.4, 0.5) is 5.69 Å². The SMILES string of the molecule is N#CC(=Nc1ccc(O)cc1)c1cccnc1. The van der Waals surface area contributed by atoms with Crippen LogP contribution in [0.2, 0.25) is 0 Å². The maximum atomic E-state index is 9.14. The van der Waals surface area contributed by atoms with Gasteiger partial charge in [0.05, 0.1) is 5.69 Å². The van der Waals surface area contributed by atoms with Crippen molar-refractivity contribution >= 4 is 11.4 Å². The van der Waals surface area contributed by atoms with Crippen LogP contribution >= 0.6 is 0 Å². The minimum absolute atomic E-state index is 0.170. The summed E-state index contributed by atoms with van der Waals surface area (Å²) in [5, 5.41) is 18.2. The molecule has 0 aliphatic carbocycles. The number of rotatable bonds is 2. The first-order chi connectivity index (χ1) is 8.29. The van der Waals surface area contributed by atoms with Crippen LogP contribution in [0.15, 0.2) is 53.8 Å². The Morgan fingerprint density at radius 2 is 2.00 bits per heavy atom. The lowest BCUT2D eigenvalue weighted by atomic mass is 10.2. The molecular weight excluding hydrogens is 214 g/mol. The molecule has 17 heavy (non-hydrogen) atoms. The molecule has 1 aromatic heterocycles. The Balaban J connectivity index is 2.37. The maximum Gasteiger partial charge on any atom is 0.149 e. The number of hydrogen-bond donors (Lipinski definition) is 1. The van der Waals surface area contributed by atoms with Crippen molar-refractivity contribution in [1.82, 2.24) is 4.98 Å². The van der Waals surface area contributed by atoms with Gasteiger partial charge < -0.3 is 5.11 Å². The number of benzene rings is 1. The Bertz CT molecular complexity index is 568. The van der Waals surface area contributed by atoms with Crippen LogP contribution < -0.4 is 0 Å². The van der Waals surface area contributed by atoms with Gasteiger partial charge in [-0.1, -0.05) is 0 Å². The normalized spacial score (nSPS) is 10.9. The highest BCUT2D eigenvalue weighted by Gasteiger charge is 2.02. The molecule has 1 heterocycles. The lowest BCUT2D eigenvalue weighted by Crippen LogP contribution is -1.96. The van der Waals surface area contributed by atoms with Gasteiger partial charge in [-0.25, -0.2) is 4.99 Å². The summed E-state index contributed by atoms with van der Waals surface area (Å²) in [5.41, 5.74) is 1.58. The summed E-state index contributed by atoms with van der Waals surface area (Å²) in [6, 6.07) is 11.9. The van der Waals surface area contributed by atoms with Gasteiger partial charge in [0.1, 0.15) is 17.5 Å². The molecule has 0 saturated heterocycles. The van der Waals surface area contributed by atoms with Crippen LogP contribution in [0.1, 0.15) is 5.56 Å². The third kappa shape index (κ3) is 2.67. The highest BCUT2D eigenvalue weighted by molar-refractivity contribution is 6.12. The summed E-state index contributed by atoms with van der Waals surface area (Å²) in [5.74, 6) is 0.170. The molecule has 0 amide bonds. The average Bonchev–Trinajstić information content (AvgIpc) is 2.39. The third-order valence-corrected chi connectivity index (χ3v) is 2.13. The molecule has 4 nitrogen and oxygen atoms in total. The first-order valence-electron chi connectivity index (χ1n) is 4.98. The highest BCUT2D eigenvalue weighted by atomic mass is 16.3. The molecule has 2 aromatic rings. The van der Waals surface area contributed by atoms with Gasteiger partial charge in [-0.15, -0.1) is 0 Å². The van der Waals surface area contributed by atoms with Gasteiger partial charge >= 0.3 is 0 Å². The molecule has 1 aromatic carbocycles.